The van der Waals surface area contributed by atoms with Crippen molar-refractivity contribution in [2.24, 2.45) is 0 Å². The summed E-state index contributed by atoms with van der Waals surface area (Å²) < 4.78 is 8.62. The van der Waals surface area contributed by atoms with Gasteiger partial charge in [-0.1, -0.05) is 5.21 Å². The fraction of sp³-hybridized carbons (Fsp3) is 0.500. The second-order valence-corrected chi connectivity index (χ2v) is 4.07. The lowest BCUT2D eigenvalue weighted by Crippen LogP contribution is -2.10. The number of nitrogens with zero attached hydrogens (tertiary/aromatic N) is 5. The molecule has 0 atom stereocenters. The molecule has 2 aromatic heterocycles. The van der Waals surface area contributed by atoms with Gasteiger partial charge in [0.15, 0.2) is 5.69 Å². The highest BCUT2D eigenvalue weighted by Crippen LogP contribution is 2.09. The molecule has 7 nitrogen and oxygen atoms in total. The topological polar surface area (TPSA) is 74.8 Å². The minimum absolute atomic E-state index is 0.268. The van der Waals surface area contributed by atoms with Crippen LogP contribution in [-0.4, -0.2) is 37.1 Å². The van der Waals surface area contributed by atoms with Crippen LogP contribution in [0.5, 0.6) is 0 Å². The number of hydrogen-bond donors (Lipinski definition) is 0. The Morgan fingerprint density at radius 2 is 2.21 bits per heavy atom. The Morgan fingerprint density at radius 1 is 1.42 bits per heavy atom. The molecular formula is C12H17N5O2. The summed E-state index contributed by atoms with van der Waals surface area (Å²) in [4.78, 5) is 15.7. The van der Waals surface area contributed by atoms with E-state index in [-0.39, 0.29) is 5.69 Å². The number of aromatic nitrogens is 5. The zero-order valence-electron chi connectivity index (χ0n) is 11.3. The number of aryl methyl sites for hydroxylation is 1. The highest BCUT2D eigenvalue weighted by atomic mass is 16.5. The van der Waals surface area contributed by atoms with Crippen molar-refractivity contribution in [2.45, 2.75) is 33.9 Å². The molecule has 0 unspecified atom stereocenters. The van der Waals surface area contributed by atoms with Crippen LogP contribution in [0, 0.1) is 6.92 Å². The monoisotopic (exact) mass is 263 g/mol. The van der Waals surface area contributed by atoms with Crippen LogP contribution in [0.1, 0.15) is 35.7 Å². The van der Waals surface area contributed by atoms with E-state index in [1.165, 1.54) is 0 Å². The minimum atomic E-state index is -0.435. The predicted molar refractivity (Wildman–Crippen MR) is 67.7 cm³/mol. The Hall–Kier alpha value is -2.18. The van der Waals surface area contributed by atoms with Gasteiger partial charge in [0.2, 0.25) is 0 Å². The quantitative estimate of drug-likeness (QED) is 0.753. The average molecular weight is 263 g/mol. The lowest BCUT2D eigenvalue weighted by atomic mass is 10.3. The molecule has 0 aliphatic heterocycles. The number of hydrogen-bond acceptors (Lipinski definition) is 5. The number of carbonyl (C=O) groups is 1. The normalized spacial score (nSPS) is 10.7. The number of rotatable bonds is 5. The third-order valence-corrected chi connectivity index (χ3v) is 2.90. The Bertz CT molecular complexity index is 572. The molecule has 0 aromatic carbocycles. The lowest BCUT2D eigenvalue weighted by molar-refractivity contribution is 0.0518. The van der Waals surface area contributed by atoms with Crippen LogP contribution in [0.15, 0.2) is 12.5 Å². The number of ether oxygens (including phenoxy) is 1. The first-order valence-corrected chi connectivity index (χ1v) is 6.23. The maximum Gasteiger partial charge on any atom is 0.360 e. The van der Waals surface area contributed by atoms with Gasteiger partial charge in [0.05, 0.1) is 37.1 Å². The Morgan fingerprint density at radius 3 is 2.89 bits per heavy atom. The van der Waals surface area contributed by atoms with Crippen molar-refractivity contribution in [3.8, 4) is 0 Å². The zero-order valence-corrected chi connectivity index (χ0v) is 11.3. The zero-order chi connectivity index (χ0) is 13.8. The molecule has 0 bridgehead atoms. The maximum absolute atomic E-state index is 11.6. The summed E-state index contributed by atoms with van der Waals surface area (Å²) in [6.07, 6.45) is 3.56. The van der Waals surface area contributed by atoms with E-state index in [1.807, 2.05) is 11.5 Å². The van der Waals surface area contributed by atoms with Gasteiger partial charge in [0.25, 0.3) is 0 Å². The van der Waals surface area contributed by atoms with Gasteiger partial charge in [-0.25, -0.2) is 14.5 Å². The van der Waals surface area contributed by atoms with Crippen LogP contribution in [0.2, 0.25) is 0 Å². The molecule has 0 N–H and O–H groups in total. The molecule has 102 valence electrons. The van der Waals surface area contributed by atoms with E-state index >= 15 is 0 Å². The SMILES string of the molecule is CCOC(=O)c1nnn(Cc2cncn2CC)c1C. The molecule has 0 saturated carbocycles. The van der Waals surface area contributed by atoms with Crippen molar-refractivity contribution in [3.05, 3.63) is 29.6 Å². The van der Waals surface area contributed by atoms with Crippen LogP contribution in [-0.2, 0) is 17.8 Å². The van der Waals surface area contributed by atoms with Crippen molar-refractivity contribution in [1.82, 2.24) is 24.5 Å². The molecule has 0 radical (unpaired) electrons. The second kappa shape index (κ2) is 5.64. The fourth-order valence-electron chi connectivity index (χ4n) is 1.82. The van der Waals surface area contributed by atoms with Crippen LogP contribution in [0.3, 0.4) is 0 Å². The maximum atomic E-state index is 11.6. The molecule has 0 amide bonds. The van der Waals surface area contributed by atoms with Gasteiger partial charge in [-0.15, -0.1) is 5.10 Å². The standard InChI is InChI=1S/C12H17N5O2/c1-4-16-8-13-6-10(16)7-17-9(3)11(14-15-17)12(18)19-5-2/h6,8H,4-5,7H2,1-3H3. The Labute approximate surface area is 111 Å². The Balaban J connectivity index is 2.21. The van der Waals surface area contributed by atoms with Gasteiger partial charge in [-0.05, 0) is 20.8 Å². The molecule has 0 saturated heterocycles. The number of imidazole rings is 1. The first-order chi connectivity index (χ1) is 9.17. The summed E-state index contributed by atoms with van der Waals surface area (Å²) in [5.74, 6) is -0.435. The van der Waals surface area contributed by atoms with E-state index in [2.05, 4.69) is 15.3 Å². The molecule has 0 fully saturated rings. The van der Waals surface area contributed by atoms with Crippen molar-refractivity contribution < 1.29 is 9.53 Å². The summed E-state index contributed by atoms with van der Waals surface area (Å²) in [6, 6.07) is 0. The Kier molecular flexibility index (Phi) is 3.94. The van der Waals surface area contributed by atoms with Gasteiger partial charge in [-0.2, -0.15) is 0 Å². The summed E-state index contributed by atoms with van der Waals surface area (Å²) in [5.41, 5.74) is 1.98. The summed E-state index contributed by atoms with van der Waals surface area (Å²) in [6.45, 7) is 7.31. The molecule has 2 heterocycles. The summed E-state index contributed by atoms with van der Waals surface area (Å²) in [5, 5.41) is 7.87. The van der Waals surface area contributed by atoms with Gasteiger partial charge in [0.1, 0.15) is 0 Å². The first-order valence-electron chi connectivity index (χ1n) is 6.23. The highest BCUT2D eigenvalue weighted by molar-refractivity contribution is 5.88. The third-order valence-electron chi connectivity index (χ3n) is 2.90. The van der Waals surface area contributed by atoms with Gasteiger partial charge in [0, 0.05) is 6.54 Å². The van der Waals surface area contributed by atoms with Gasteiger partial charge in [-0.3, -0.25) is 0 Å². The van der Waals surface area contributed by atoms with Crippen LogP contribution >= 0.6 is 0 Å². The molecule has 0 spiro atoms. The fourth-order valence-corrected chi connectivity index (χ4v) is 1.82. The van der Waals surface area contributed by atoms with E-state index in [0.29, 0.717) is 18.8 Å². The first kappa shape index (κ1) is 13.3. The van der Waals surface area contributed by atoms with Crippen LogP contribution in [0.25, 0.3) is 0 Å². The summed E-state index contributed by atoms with van der Waals surface area (Å²) in [7, 11) is 0. The van der Waals surface area contributed by atoms with Crippen molar-refractivity contribution >= 4 is 5.97 Å². The van der Waals surface area contributed by atoms with Crippen molar-refractivity contribution in [3.63, 3.8) is 0 Å². The highest BCUT2D eigenvalue weighted by Gasteiger charge is 2.18. The second-order valence-electron chi connectivity index (χ2n) is 4.07. The molecule has 0 aliphatic carbocycles. The lowest BCUT2D eigenvalue weighted by Gasteiger charge is -2.06. The largest absolute Gasteiger partial charge is 0.461 e. The number of carbonyl (C=O) groups excluding carboxylic acids is 1. The number of esters is 1. The van der Waals surface area contributed by atoms with Crippen molar-refractivity contribution in [1.29, 1.82) is 0 Å². The smallest absolute Gasteiger partial charge is 0.360 e. The average Bonchev–Trinajstić information content (AvgIpc) is 2.98. The van der Waals surface area contributed by atoms with E-state index < -0.39 is 5.97 Å². The van der Waals surface area contributed by atoms with Crippen molar-refractivity contribution in [2.75, 3.05) is 6.61 Å². The molecule has 2 rings (SSSR count). The van der Waals surface area contributed by atoms with E-state index in [4.69, 9.17) is 4.74 Å². The van der Waals surface area contributed by atoms with Gasteiger partial charge >= 0.3 is 5.97 Å². The predicted octanol–water partition coefficient (Wildman–Crippen LogP) is 1.03. The van der Waals surface area contributed by atoms with E-state index in [1.54, 1.807) is 31.1 Å². The van der Waals surface area contributed by atoms with Gasteiger partial charge < -0.3 is 9.30 Å². The van der Waals surface area contributed by atoms with E-state index in [0.717, 1.165) is 12.2 Å². The molecule has 7 heteroatoms. The molecule has 0 aliphatic rings. The third kappa shape index (κ3) is 2.64. The molecule has 19 heavy (non-hydrogen) atoms. The minimum Gasteiger partial charge on any atom is -0.461 e. The van der Waals surface area contributed by atoms with E-state index in [9.17, 15) is 4.79 Å². The van der Waals surface area contributed by atoms with Crippen LogP contribution in [0.4, 0.5) is 0 Å². The molecular weight excluding hydrogens is 246 g/mol. The van der Waals surface area contributed by atoms with Crippen LogP contribution < -0.4 is 0 Å². The summed E-state index contributed by atoms with van der Waals surface area (Å²) >= 11 is 0. The molecule has 2 aromatic rings.